The summed E-state index contributed by atoms with van der Waals surface area (Å²) in [7, 11) is 0. The third kappa shape index (κ3) is 2.40. The molecule has 0 N–H and O–H groups in total. The summed E-state index contributed by atoms with van der Waals surface area (Å²) < 4.78 is 2.23. The van der Waals surface area contributed by atoms with Gasteiger partial charge in [0.15, 0.2) is 0 Å². The quantitative estimate of drug-likeness (QED) is 0.486. The lowest BCUT2D eigenvalue weighted by Crippen LogP contribution is -1.97. The first kappa shape index (κ1) is 14.0. The Bertz CT molecular complexity index is 952. The molecule has 0 unspecified atom stereocenters. The van der Waals surface area contributed by atoms with Gasteiger partial charge in [0, 0.05) is 11.8 Å². The third-order valence-electron chi connectivity index (χ3n) is 4.45. The number of para-hydroxylation sites is 2. The molecule has 0 bridgehead atoms. The molecule has 0 saturated heterocycles. The summed E-state index contributed by atoms with van der Waals surface area (Å²) in [6.45, 7) is 2.24. The van der Waals surface area contributed by atoms with Crippen molar-refractivity contribution in [2.24, 2.45) is 0 Å². The second kappa shape index (κ2) is 5.88. The molecule has 0 spiro atoms. The molecular formula is C21H20N2. The fraction of sp³-hybridized carbons (Fsp3) is 0.190. The van der Waals surface area contributed by atoms with Gasteiger partial charge in [-0.15, -0.1) is 0 Å². The van der Waals surface area contributed by atoms with Crippen molar-refractivity contribution in [2.75, 3.05) is 0 Å². The maximum Gasteiger partial charge on any atom is 0.141 e. The van der Waals surface area contributed by atoms with Crippen LogP contribution in [0.25, 0.3) is 27.8 Å². The average molecular weight is 300 g/mol. The molecule has 2 nitrogen and oxygen atoms in total. The smallest absolute Gasteiger partial charge is 0.141 e. The highest BCUT2D eigenvalue weighted by Gasteiger charge is 2.13. The molecule has 0 saturated carbocycles. The van der Waals surface area contributed by atoms with E-state index in [0.717, 1.165) is 17.6 Å². The zero-order chi connectivity index (χ0) is 15.6. The minimum atomic E-state index is 1.06. The van der Waals surface area contributed by atoms with Gasteiger partial charge in [-0.1, -0.05) is 55.8 Å². The van der Waals surface area contributed by atoms with Crippen LogP contribution in [0.3, 0.4) is 0 Å². The maximum atomic E-state index is 4.92. The van der Waals surface area contributed by atoms with E-state index in [1.54, 1.807) is 0 Å². The van der Waals surface area contributed by atoms with E-state index in [2.05, 4.69) is 78.2 Å². The standard InChI is InChI=1S/C21H20N2/c1-2-3-11-18-17(16-9-5-4-6-10-16)14-15-23-20-13-8-7-12-19(20)22-21(18)23/h4-10,12-15H,2-3,11H2,1H3. The van der Waals surface area contributed by atoms with E-state index >= 15 is 0 Å². The summed E-state index contributed by atoms with van der Waals surface area (Å²) >= 11 is 0. The van der Waals surface area contributed by atoms with Gasteiger partial charge in [0.1, 0.15) is 5.65 Å². The van der Waals surface area contributed by atoms with Gasteiger partial charge >= 0.3 is 0 Å². The first-order valence-electron chi connectivity index (χ1n) is 8.32. The Labute approximate surface area is 136 Å². The summed E-state index contributed by atoms with van der Waals surface area (Å²) in [4.78, 5) is 4.92. The number of aryl methyl sites for hydroxylation is 1. The van der Waals surface area contributed by atoms with Gasteiger partial charge in [-0.3, -0.25) is 4.40 Å². The van der Waals surface area contributed by atoms with Crippen molar-refractivity contribution in [2.45, 2.75) is 26.2 Å². The molecule has 114 valence electrons. The Hall–Kier alpha value is -2.61. The van der Waals surface area contributed by atoms with Gasteiger partial charge in [-0.05, 0) is 42.2 Å². The monoisotopic (exact) mass is 300 g/mol. The van der Waals surface area contributed by atoms with Crippen LogP contribution < -0.4 is 0 Å². The number of benzene rings is 2. The van der Waals surface area contributed by atoms with Gasteiger partial charge < -0.3 is 0 Å². The van der Waals surface area contributed by atoms with E-state index in [0.29, 0.717) is 0 Å². The zero-order valence-corrected chi connectivity index (χ0v) is 13.4. The first-order valence-corrected chi connectivity index (χ1v) is 8.32. The second-order valence-electron chi connectivity index (χ2n) is 5.97. The summed E-state index contributed by atoms with van der Waals surface area (Å²) in [6.07, 6.45) is 5.59. The van der Waals surface area contributed by atoms with Gasteiger partial charge in [0.05, 0.1) is 11.0 Å². The molecule has 0 amide bonds. The molecule has 0 aliphatic carbocycles. The number of rotatable bonds is 4. The van der Waals surface area contributed by atoms with E-state index in [9.17, 15) is 0 Å². The molecule has 2 heteroatoms. The molecule has 2 heterocycles. The summed E-state index contributed by atoms with van der Waals surface area (Å²) in [5.74, 6) is 0. The fourth-order valence-corrected chi connectivity index (χ4v) is 3.27. The van der Waals surface area contributed by atoms with Crippen LogP contribution in [0.4, 0.5) is 0 Å². The van der Waals surface area contributed by atoms with E-state index in [4.69, 9.17) is 4.98 Å². The van der Waals surface area contributed by atoms with Gasteiger partial charge in [0.25, 0.3) is 0 Å². The van der Waals surface area contributed by atoms with Crippen molar-refractivity contribution in [1.29, 1.82) is 0 Å². The van der Waals surface area contributed by atoms with Crippen LogP contribution >= 0.6 is 0 Å². The van der Waals surface area contributed by atoms with E-state index < -0.39 is 0 Å². The Morgan fingerprint density at radius 2 is 1.70 bits per heavy atom. The number of hydrogen-bond donors (Lipinski definition) is 0. The molecular weight excluding hydrogens is 280 g/mol. The number of imidazole rings is 1. The molecule has 4 aromatic rings. The van der Waals surface area contributed by atoms with Gasteiger partial charge in [0.2, 0.25) is 0 Å². The topological polar surface area (TPSA) is 17.3 Å². The summed E-state index contributed by atoms with van der Waals surface area (Å²) in [5, 5.41) is 0. The van der Waals surface area contributed by atoms with E-state index in [-0.39, 0.29) is 0 Å². The Balaban J connectivity index is 2.01. The highest BCUT2D eigenvalue weighted by molar-refractivity contribution is 5.84. The van der Waals surface area contributed by atoms with E-state index in [1.165, 1.54) is 35.0 Å². The molecule has 0 aliphatic heterocycles. The SMILES string of the molecule is CCCCc1c(-c2ccccc2)ccn2c1nc1ccccc12. The summed E-state index contributed by atoms with van der Waals surface area (Å²) in [5.41, 5.74) is 7.28. The first-order chi connectivity index (χ1) is 11.4. The minimum absolute atomic E-state index is 1.06. The zero-order valence-electron chi connectivity index (χ0n) is 13.4. The largest absolute Gasteiger partial charge is 0.299 e. The number of fused-ring (bicyclic) bond motifs is 3. The summed E-state index contributed by atoms with van der Waals surface area (Å²) in [6, 6.07) is 21.2. The van der Waals surface area contributed by atoms with Crippen molar-refractivity contribution in [3.63, 3.8) is 0 Å². The fourth-order valence-electron chi connectivity index (χ4n) is 3.27. The highest BCUT2D eigenvalue weighted by Crippen LogP contribution is 2.30. The number of nitrogens with zero attached hydrogens (tertiary/aromatic N) is 2. The van der Waals surface area contributed by atoms with Crippen LogP contribution in [-0.4, -0.2) is 9.38 Å². The maximum absolute atomic E-state index is 4.92. The van der Waals surface area contributed by atoms with E-state index in [1.807, 2.05) is 0 Å². The molecule has 2 aromatic carbocycles. The second-order valence-corrected chi connectivity index (χ2v) is 5.97. The number of unbranched alkanes of at least 4 members (excludes halogenated alkanes) is 1. The minimum Gasteiger partial charge on any atom is -0.299 e. The Morgan fingerprint density at radius 1 is 0.913 bits per heavy atom. The van der Waals surface area contributed by atoms with Crippen molar-refractivity contribution in [3.8, 4) is 11.1 Å². The molecule has 0 fully saturated rings. The Morgan fingerprint density at radius 3 is 2.52 bits per heavy atom. The predicted octanol–water partition coefficient (Wildman–Crippen LogP) is 5.50. The molecule has 2 aromatic heterocycles. The predicted molar refractivity (Wildman–Crippen MR) is 96.7 cm³/mol. The van der Waals surface area contributed by atoms with Crippen molar-refractivity contribution >= 4 is 16.7 Å². The van der Waals surface area contributed by atoms with Crippen LogP contribution in [0.5, 0.6) is 0 Å². The highest BCUT2D eigenvalue weighted by atomic mass is 15.0. The molecule has 4 rings (SSSR count). The van der Waals surface area contributed by atoms with Gasteiger partial charge in [-0.25, -0.2) is 4.98 Å². The molecule has 0 aliphatic rings. The lowest BCUT2D eigenvalue weighted by atomic mass is 9.97. The van der Waals surface area contributed by atoms with Gasteiger partial charge in [-0.2, -0.15) is 0 Å². The molecule has 0 radical (unpaired) electrons. The van der Waals surface area contributed by atoms with Crippen LogP contribution in [0.15, 0.2) is 66.9 Å². The third-order valence-corrected chi connectivity index (χ3v) is 4.45. The van der Waals surface area contributed by atoms with Crippen LogP contribution in [0.2, 0.25) is 0 Å². The lowest BCUT2D eigenvalue weighted by Gasteiger charge is -2.11. The van der Waals surface area contributed by atoms with Crippen molar-refractivity contribution < 1.29 is 0 Å². The van der Waals surface area contributed by atoms with Crippen molar-refractivity contribution in [1.82, 2.24) is 9.38 Å². The average Bonchev–Trinajstić information content (AvgIpc) is 2.99. The van der Waals surface area contributed by atoms with Crippen LogP contribution in [0.1, 0.15) is 25.3 Å². The van der Waals surface area contributed by atoms with Crippen molar-refractivity contribution in [3.05, 3.63) is 72.4 Å². The van der Waals surface area contributed by atoms with Crippen LogP contribution in [-0.2, 0) is 6.42 Å². The number of pyridine rings is 1. The molecule has 23 heavy (non-hydrogen) atoms. The number of hydrogen-bond acceptors (Lipinski definition) is 1. The Kier molecular flexibility index (Phi) is 3.58. The lowest BCUT2D eigenvalue weighted by molar-refractivity contribution is 0.796. The normalized spacial score (nSPS) is 11.3. The molecule has 0 atom stereocenters. The number of aromatic nitrogens is 2. The van der Waals surface area contributed by atoms with Crippen LogP contribution in [0, 0.1) is 0 Å².